The summed E-state index contributed by atoms with van der Waals surface area (Å²) in [4.78, 5) is 11.4. The SMILES string of the molecule is CCOC(=O)C=Cc1cc(OCOC)ccc1OCOC. The molecule has 0 aromatic heterocycles. The lowest BCUT2D eigenvalue weighted by Crippen LogP contribution is -2.03. The van der Waals surface area contributed by atoms with E-state index in [1.165, 1.54) is 20.3 Å². The van der Waals surface area contributed by atoms with Crippen LogP contribution in [0.5, 0.6) is 11.5 Å². The number of carbonyl (C=O) groups excluding carboxylic acids is 1. The van der Waals surface area contributed by atoms with E-state index in [9.17, 15) is 4.79 Å². The molecule has 1 aromatic carbocycles. The molecule has 0 fully saturated rings. The third-order valence-corrected chi connectivity index (χ3v) is 2.34. The molecular formula is C15H20O6. The first kappa shape index (κ1) is 17.0. The van der Waals surface area contributed by atoms with Gasteiger partial charge in [-0.1, -0.05) is 0 Å². The van der Waals surface area contributed by atoms with Crippen LogP contribution in [0.1, 0.15) is 12.5 Å². The molecule has 6 nitrogen and oxygen atoms in total. The van der Waals surface area contributed by atoms with E-state index in [0.717, 1.165) is 0 Å². The van der Waals surface area contributed by atoms with Crippen LogP contribution in [-0.2, 0) is 19.0 Å². The van der Waals surface area contributed by atoms with Crippen molar-refractivity contribution in [3.05, 3.63) is 29.8 Å². The summed E-state index contributed by atoms with van der Waals surface area (Å²) in [5.74, 6) is 0.755. The number of esters is 1. The van der Waals surface area contributed by atoms with E-state index in [0.29, 0.717) is 23.7 Å². The van der Waals surface area contributed by atoms with E-state index in [1.807, 2.05) is 0 Å². The minimum Gasteiger partial charge on any atom is -0.468 e. The van der Waals surface area contributed by atoms with Gasteiger partial charge in [0.15, 0.2) is 13.6 Å². The Morgan fingerprint density at radius 3 is 2.52 bits per heavy atom. The zero-order valence-corrected chi connectivity index (χ0v) is 12.5. The maximum atomic E-state index is 11.4. The van der Waals surface area contributed by atoms with Gasteiger partial charge in [-0.15, -0.1) is 0 Å². The maximum Gasteiger partial charge on any atom is 0.330 e. The average molecular weight is 296 g/mol. The third-order valence-electron chi connectivity index (χ3n) is 2.34. The molecule has 0 saturated heterocycles. The zero-order chi connectivity index (χ0) is 15.5. The monoisotopic (exact) mass is 296 g/mol. The number of rotatable bonds is 9. The van der Waals surface area contributed by atoms with E-state index >= 15 is 0 Å². The maximum absolute atomic E-state index is 11.4. The summed E-state index contributed by atoms with van der Waals surface area (Å²) in [6.07, 6.45) is 2.93. The van der Waals surface area contributed by atoms with Crippen LogP contribution in [0.2, 0.25) is 0 Å². The first-order chi connectivity index (χ1) is 10.2. The highest BCUT2D eigenvalue weighted by atomic mass is 16.7. The fourth-order valence-corrected chi connectivity index (χ4v) is 1.48. The second kappa shape index (κ2) is 9.79. The molecule has 21 heavy (non-hydrogen) atoms. The van der Waals surface area contributed by atoms with Crippen molar-refractivity contribution >= 4 is 12.0 Å². The lowest BCUT2D eigenvalue weighted by atomic mass is 10.1. The number of ether oxygens (including phenoxy) is 5. The lowest BCUT2D eigenvalue weighted by molar-refractivity contribution is -0.137. The Morgan fingerprint density at radius 1 is 1.14 bits per heavy atom. The van der Waals surface area contributed by atoms with Gasteiger partial charge in [0.2, 0.25) is 0 Å². The number of carbonyl (C=O) groups is 1. The van der Waals surface area contributed by atoms with Crippen LogP contribution in [-0.4, -0.2) is 40.4 Å². The Hall–Kier alpha value is -2.05. The van der Waals surface area contributed by atoms with Crippen molar-refractivity contribution in [1.29, 1.82) is 0 Å². The Balaban J connectivity index is 2.89. The number of hydrogen-bond acceptors (Lipinski definition) is 6. The fraction of sp³-hybridized carbons (Fsp3) is 0.400. The lowest BCUT2D eigenvalue weighted by Gasteiger charge is -2.11. The highest BCUT2D eigenvalue weighted by Gasteiger charge is 2.05. The summed E-state index contributed by atoms with van der Waals surface area (Å²) in [7, 11) is 3.07. The standard InChI is InChI=1S/C15H20O6/c1-4-19-15(16)8-5-12-9-13(20-10-17-2)6-7-14(12)21-11-18-3/h5-9H,4,10-11H2,1-3H3. The van der Waals surface area contributed by atoms with Crippen LogP contribution in [0.3, 0.4) is 0 Å². The Morgan fingerprint density at radius 2 is 1.86 bits per heavy atom. The molecule has 0 bridgehead atoms. The van der Waals surface area contributed by atoms with Gasteiger partial charge in [-0.25, -0.2) is 4.79 Å². The van der Waals surface area contributed by atoms with E-state index < -0.39 is 5.97 Å². The quantitative estimate of drug-likeness (QED) is 0.395. The summed E-state index contributed by atoms with van der Waals surface area (Å²) in [5.41, 5.74) is 0.675. The van der Waals surface area contributed by atoms with Crippen molar-refractivity contribution in [2.75, 3.05) is 34.4 Å². The van der Waals surface area contributed by atoms with Crippen molar-refractivity contribution in [2.24, 2.45) is 0 Å². The average Bonchev–Trinajstić information content (AvgIpc) is 2.50. The topological polar surface area (TPSA) is 63.2 Å². The molecular weight excluding hydrogens is 276 g/mol. The van der Waals surface area contributed by atoms with E-state index in [2.05, 4.69) is 0 Å². The highest BCUT2D eigenvalue weighted by Crippen LogP contribution is 2.25. The predicted octanol–water partition coefficient (Wildman–Crippen LogP) is 2.23. The Kier molecular flexibility index (Phi) is 7.93. The van der Waals surface area contributed by atoms with Crippen molar-refractivity contribution in [3.63, 3.8) is 0 Å². The van der Waals surface area contributed by atoms with Crippen LogP contribution < -0.4 is 9.47 Å². The smallest absolute Gasteiger partial charge is 0.330 e. The molecule has 1 aromatic rings. The minimum atomic E-state index is -0.418. The van der Waals surface area contributed by atoms with Crippen molar-refractivity contribution in [1.82, 2.24) is 0 Å². The number of hydrogen-bond donors (Lipinski definition) is 0. The largest absolute Gasteiger partial charge is 0.468 e. The molecule has 0 atom stereocenters. The summed E-state index contributed by atoms with van der Waals surface area (Å²) in [6.45, 7) is 2.32. The molecule has 0 aliphatic rings. The number of benzene rings is 1. The van der Waals surface area contributed by atoms with Gasteiger partial charge in [0.05, 0.1) is 6.61 Å². The van der Waals surface area contributed by atoms with E-state index in [-0.39, 0.29) is 13.6 Å². The van der Waals surface area contributed by atoms with Gasteiger partial charge in [0.25, 0.3) is 0 Å². The molecule has 0 spiro atoms. The highest BCUT2D eigenvalue weighted by molar-refractivity contribution is 5.87. The molecule has 0 aliphatic carbocycles. The fourth-order valence-electron chi connectivity index (χ4n) is 1.48. The van der Waals surface area contributed by atoms with Gasteiger partial charge in [0, 0.05) is 25.9 Å². The van der Waals surface area contributed by atoms with Crippen molar-refractivity contribution in [2.45, 2.75) is 6.92 Å². The van der Waals surface area contributed by atoms with Crippen LogP contribution in [0.25, 0.3) is 6.08 Å². The zero-order valence-electron chi connectivity index (χ0n) is 12.5. The second-order valence-corrected chi connectivity index (χ2v) is 3.89. The van der Waals surface area contributed by atoms with Gasteiger partial charge in [-0.3, -0.25) is 0 Å². The van der Waals surface area contributed by atoms with Crippen LogP contribution >= 0.6 is 0 Å². The molecule has 6 heteroatoms. The molecule has 0 aliphatic heterocycles. The summed E-state index contributed by atoms with van der Waals surface area (Å²) < 4.78 is 25.3. The van der Waals surface area contributed by atoms with E-state index in [4.69, 9.17) is 23.7 Å². The van der Waals surface area contributed by atoms with Crippen molar-refractivity contribution < 1.29 is 28.5 Å². The van der Waals surface area contributed by atoms with Crippen molar-refractivity contribution in [3.8, 4) is 11.5 Å². The van der Waals surface area contributed by atoms with E-state index in [1.54, 1.807) is 31.2 Å². The van der Waals surface area contributed by atoms with Gasteiger partial charge in [0.1, 0.15) is 11.5 Å². The molecule has 0 N–H and O–H groups in total. The first-order valence-electron chi connectivity index (χ1n) is 6.43. The Bertz CT molecular complexity index is 469. The van der Waals surface area contributed by atoms with Crippen LogP contribution in [0.4, 0.5) is 0 Å². The summed E-state index contributed by atoms with van der Waals surface area (Å²) in [5, 5.41) is 0. The van der Waals surface area contributed by atoms with Gasteiger partial charge in [-0.05, 0) is 31.2 Å². The minimum absolute atomic E-state index is 0.110. The number of methoxy groups -OCH3 is 2. The molecule has 0 amide bonds. The second-order valence-electron chi connectivity index (χ2n) is 3.89. The van der Waals surface area contributed by atoms with Crippen LogP contribution in [0, 0.1) is 0 Å². The molecule has 0 heterocycles. The normalized spacial score (nSPS) is 10.6. The van der Waals surface area contributed by atoms with Gasteiger partial charge in [-0.2, -0.15) is 0 Å². The summed E-state index contributed by atoms with van der Waals surface area (Å²) >= 11 is 0. The van der Waals surface area contributed by atoms with Crippen LogP contribution in [0.15, 0.2) is 24.3 Å². The Labute approximate surface area is 124 Å². The predicted molar refractivity (Wildman–Crippen MR) is 77.1 cm³/mol. The molecule has 0 saturated carbocycles. The first-order valence-corrected chi connectivity index (χ1v) is 6.43. The summed E-state index contributed by atoms with van der Waals surface area (Å²) in [6, 6.07) is 5.21. The third kappa shape index (κ3) is 6.29. The molecule has 0 unspecified atom stereocenters. The molecule has 116 valence electrons. The molecule has 1 rings (SSSR count). The van der Waals surface area contributed by atoms with Gasteiger partial charge < -0.3 is 23.7 Å². The van der Waals surface area contributed by atoms with Gasteiger partial charge >= 0.3 is 5.97 Å². The molecule has 0 radical (unpaired) electrons.